The highest BCUT2D eigenvalue weighted by molar-refractivity contribution is 5.80. The Kier molecular flexibility index (Phi) is 6.46. The summed E-state index contributed by atoms with van der Waals surface area (Å²) in [6.45, 7) is 13.3. The minimum absolute atomic E-state index is 0.00724. The van der Waals surface area contributed by atoms with Crippen LogP contribution in [0.5, 0.6) is 0 Å². The summed E-state index contributed by atoms with van der Waals surface area (Å²) in [6.07, 6.45) is 1.92. The van der Waals surface area contributed by atoms with Gasteiger partial charge in [0.15, 0.2) is 5.96 Å². The van der Waals surface area contributed by atoms with Crippen molar-refractivity contribution in [2.24, 2.45) is 4.99 Å². The Hall–Kier alpha value is -1.78. The molecule has 2 N–H and O–H groups in total. The Morgan fingerprint density at radius 3 is 2.33 bits per heavy atom. The van der Waals surface area contributed by atoms with Gasteiger partial charge in [0.1, 0.15) is 5.82 Å². The number of nitrogens with zero attached hydrogens (tertiary/aromatic N) is 3. The predicted molar refractivity (Wildman–Crippen MR) is 90.9 cm³/mol. The number of aliphatic imine (C=N–C) groups is 1. The zero-order chi connectivity index (χ0) is 15.9. The monoisotopic (exact) mass is 291 g/mol. The van der Waals surface area contributed by atoms with E-state index in [1.165, 1.54) is 0 Å². The van der Waals surface area contributed by atoms with Gasteiger partial charge in [-0.15, -0.1) is 0 Å². The van der Waals surface area contributed by atoms with E-state index in [1.54, 1.807) is 7.05 Å². The van der Waals surface area contributed by atoms with Crippen LogP contribution in [0, 0.1) is 0 Å². The molecule has 118 valence electrons. The average molecular weight is 291 g/mol. The van der Waals surface area contributed by atoms with E-state index < -0.39 is 0 Å². The van der Waals surface area contributed by atoms with Gasteiger partial charge in [-0.05, 0) is 46.2 Å². The predicted octanol–water partition coefficient (Wildman–Crippen LogP) is 2.39. The van der Waals surface area contributed by atoms with Gasteiger partial charge >= 0.3 is 0 Å². The van der Waals surface area contributed by atoms with E-state index >= 15 is 0 Å². The largest absolute Gasteiger partial charge is 0.357 e. The highest BCUT2D eigenvalue weighted by Crippen LogP contribution is 2.10. The average Bonchev–Trinajstić information content (AvgIpc) is 2.45. The van der Waals surface area contributed by atoms with Crippen molar-refractivity contribution < 1.29 is 0 Å². The van der Waals surface area contributed by atoms with Crippen LogP contribution in [-0.4, -0.2) is 36.6 Å². The van der Waals surface area contributed by atoms with Crippen LogP contribution < -0.4 is 15.5 Å². The summed E-state index contributed by atoms with van der Waals surface area (Å²) in [5, 5.41) is 6.64. The number of nitrogens with one attached hydrogen (secondary N) is 2. The molecule has 0 spiro atoms. The van der Waals surface area contributed by atoms with Crippen LogP contribution in [0.15, 0.2) is 23.3 Å². The van der Waals surface area contributed by atoms with Crippen LogP contribution in [0.4, 0.5) is 5.82 Å². The summed E-state index contributed by atoms with van der Waals surface area (Å²) in [6, 6.07) is 4.18. The minimum atomic E-state index is -0.00724. The van der Waals surface area contributed by atoms with Crippen molar-refractivity contribution in [1.29, 1.82) is 0 Å². The molecule has 5 heteroatoms. The molecule has 5 nitrogen and oxygen atoms in total. The molecule has 0 aliphatic heterocycles. The molecule has 1 rings (SSSR count). The third-order valence-electron chi connectivity index (χ3n) is 3.07. The Balaban J connectivity index is 2.60. The molecule has 1 aromatic heterocycles. The SMILES string of the molecule is CCN(CC)c1ccc(CNC(=NC)NC(C)(C)C)cn1. The number of guanidine groups is 1. The molecule has 0 saturated carbocycles. The van der Waals surface area contributed by atoms with Gasteiger partial charge in [-0.2, -0.15) is 0 Å². The minimum Gasteiger partial charge on any atom is -0.357 e. The van der Waals surface area contributed by atoms with E-state index in [1.807, 2.05) is 6.20 Å². The Morgan fingerprint density at radius 1 is 1.24 bits per heavy atom. The molecule has 0 saturated heterocycles. The van der Waals surface area contributed by atoms with Gasteiger partial charge in [0.2, 0.25) is 0 Å². The first-order chi connectivity index (χ1) is 9.89. The quantitative estimate of drug-likeness (QED) is 0.646. The molecule has 0 aliphatic rings. The molecule has 0 bridgehead atoms. The van der Waals surface area contributed by atoms with Gasteiger partial charge in [0, 0.05) is 38.4 Å². The maximum absolute atomic E-state index is 4.52. The van der Waals surface area contributed by atoms with E-state index in [2.05, 4.69) is 72.3 Å². The number of pyridine rings is 1. The smallest absolute Gasteiger partial charge is 0.191 e. The van der Waals surface area contributed by atoms with Gasteiger partial charge < -0.3 is 15.5 Å². The summed E-state index contributed by atoms with van der Waals surface area (Å²) < 4.78 is 0. The van der Waals surface area contributed by atoms with E-state index in [0.717, 1.165) is 30.4 Å². The van der Waals surface area contributed by atoms with Crippen molar-refractivity contribution in [3.8, 4) is 0 Å². The molecule has 0 aromatic carbocycles. The van der Waals surface area contributed by atoms with E-state index in [9.17, 15) is 0 Å². The normalized spacial score (nSPS) is 12.2. The van der Waals surface area contributed by atoms with Gasteiger partial charge in [0.25, 0.3) is 0 Å². The van der Waals surface area contributed by atoms with Crippen LogP contribution >= 0.6 is 0 Å². The second-order valence-electron chi connectivity index (χ2n) is 6.00. The van der Waals surface area contributed by atoms with E-state index in [0.29, 0.717) is 6.54 Å². The molecule has 0 amide bonds. The van der Waals surface area contributed by atoms with Gasteiger partial charge in [0.05, 0.1) is 0 Å². The molecule has 0 aliphatic carbocycles. The lowest BCUT2D eigenvalue weighted by molar-refractivity contribution is 0.501. The maximum atomic E-state index is 4.52. The summed E-state index contributed by atoms with van der Waals surface area (Å²) in [4.78, 5) is 11.0. The van der Waals surface area contributed by atoms with E-state index in [4.69, 9.17) is 0 Å². The highest BCUT2D eigenvalue weighted by Gasteiger charge is 2.11. The molecule has 21 heavy (non-hydrogen) atoms. The summed E-state index contributed by atoms with van der Waals surface area (Å²) >= 11 is 0. The van der Waals surface area contributed by atoms with Crippen molar-refractivity contribution in [1.82, 2.24) is 15.6 Å². The summed E-state index contributed by atoms with van der Waals surface area (Å²) in [7, 11) is 1.78. The van der Waals surface area contributed by atoms with Crippen LogP contribution in [0.1, 0.15) is 40.2 Å². The first-order valence-corrected chi connectivity index (χ1v) is 7.58. The summed E-state index contributed by atoms with van der Waals surface area (Å²) in [5.41, 5.74) is 1.13. The lowest BCUT2D eigenvalue weighted by Gasteiger charge is -2.24. The fourth-order valence-electron chi connectivity index (χ4n) is 1.98. The van der Waals surface area contributed by atoms with Crippen molar-refractivity contribution >= 4 is 11.8 Å². The number of hydrogen-bond acceptors (Lipinski definition) is 3. The molecule has 1 aromatic rings. The van der Waals surface area contributed by atoms with Gasteiger partial charge in [-0.25, -0.2) is 4.98 Å². The van der Waals surface area contributed by atoms with Crippen LogP contribution in [0.2, 0.25) is 0 Å². The molecule has 0 atom stereocenters. The Labute approximate surface area is 128 Å². The Morgan fingerprint density at radius 2 is 1.90 bits per heavy atom. The number of rotatable bonds is 5. The first-order valence-electron chi connectivity index (χ1n) is 7.58. The van der Waals surface area contributed by atoms with Crippen LogP contribution in [0.25, 0.3) is 0 Å². The Bertz CT molecular complexity index is 441. The molecular weight excluding hydrogens is 262 g/mol. The summed E-state index contributed by atoms with van der Waals surface area (Å²) in [5.74, 6) is 1.83. The van der Waals surface area contributed by atoms with Crippen LogP contribution in [0.3, 0.4) is 0 Å². The number of anilines is 1. The lowest BCUT2D eigenvalue weighted by Crippen LogP contribution is -2.47. The highest BCUT2D eigenvalue weighted by atomic mass is 15.2. The van der Waals surface area contributed by atoms with Crippen molar-refractivity contribution in [2.45, 2.75) is 46.7 Å². The standard InChI is InChI=1S/C16H29N5/c1-7-21(8-2)14-10-9-13(11-18-14)12-19-15(17-6)20-16(3,4)5/h9-11H,7-8,12H2,1-6H3,(H2,17,19,20). The second kappa shape index (κ2) is 7.86. The molecule has 0 fully saturated rings. The molecular formula is C16H29N5. The molecule has 0 radical (unpaired) electrons. The van der Waals surface area contributed by atoms with Gasteiger partial charge in [-0.1, -0.05) is 6.07 Å². The first kappa shape index (κ1) is 17.3. The van der Waals surface area contributed by atoms with Crippen molar-refractivity contribution in [3.63, 3.8) is 0 Å². The molecule has 1 heterocycles. The fourth-order valence-corrected chi connectivity index (χ4v) is 1.98. The van der Waals surface area contributed by atoms with E-state index in [-0.39, 0.29) is 5.54 Å². The van der Waals surface area contributed by atoms with Crippen molar-refractivity contribution in [3.05, 3.63) is 23.9 Å². The molecule has 0 unspecified atom stereocenters. The number of hydrogen-bond donors (Lipinski definition) is 2. The third-order valence-corrected chi connectivity index (χ3v) is 3.07. The van der Waals surface area contributed by atoms with Crippen molar-refractivity contribution in [2.75, 3.05) is 25.0 Å². The third kappa shape index (κ3) is 6.02. The number of aromatic nitrogens is 1. The fraction of sp³-hybridized carbons (Fsp3) is 0.625. The maximum Gasteiger partial charge on any atom is 0.191 e. The lowest BCUT2D eigenvalue weighted by atomic mass is 10.1. The topological polar surface area (TPSA) is 52.5 Å². The van der Waals surface area contributed by atoms with Gasteiger partial charge in [-0.3, -0.25) is 4.99 Å². The second-order valence-corrected chi connectivity index (χ2v) is 6.00. The zero-order valence-corrected chi connectivity index (χ0v) is 14.2. The zero-order valence-electron chi connectivity index (χ0n) is 14.2. The van der Waals surface area contributed by atoms with Crippen LogP contribution in [-0.2, 0) is 6.54 Å².